The SMILES string of the molecule is COC(=O)c1ccc(C[NH+]2CCN(c3ccccc3)CC2)o1. The summed E-state index contributed by atoms with van der Waals surface area (Å²) >= 11 is 0. The Hall–Kier alpha value is -2.27. The fraction of sp³-hybridized carbons (Fsp3) is 0.353. The van der Waals surface area contributed by atoms with Gasteiger partial charge in [0.05, 0.1) is 33.3 Å². The van der Waals surface area contributed by atoms with E-state index in [2.05, 4.69) is 33.9 Å². The van der Waals surface area contributed by atoms with Crippen molar-refractivity contribution in [3.8, 4) is 0 Å². The van der Waals surface area contributed by atoms with Crippen molar-refractivity contribution in [3.63, 3.8) is 0 Å². The second-order valence-electron chi connectivity index (χ2n) is 5.51. The number of esters is 1. The van der Waals surface area contributed by atoms with Crippen molar-refractivity contribution >= 4 is 11.7 Å². The van der Waals surface area contributed by atoms with Crippen molar-refractivity contribution in [1.29, 1.82) is 0 Å². The first kappa shape index (κ1) is 14.7. The zero-order valence-electron chi connectivity index (χ0n) is 12.7. The van der Waals surface area contributed by atoms with Crippen LogP contribution in [0.25, 0.3) is 0 Å². The van der Waals surface area contributed by atoms with Crippen LogP contribution < -0.4 is 9.80 Å². The molecule has 2 heterocycles. The van der Waals surface area contributed by atoms with Crippen LogP contribution >= 0.6 is 0 Å². The highest BCUT2D eigenvalue weighted by atomic mass is 16.5. The lowest BCUT2D eigenvalue weighted by molar-refractivity contribution is -0.915. The molecule has 0 amide bonds. The molecule has 5 nitrogen and oxygen atoms in total. The van der Waals surface area contributed by atoms with Crippen LogP contribution in [-0.4, -0.2) is 39.3 Å². The summed E-state index contributed by atoms with van der Waals surface area (Å²) in [5, 5.41) is 0. The molecule has 1 N–H and O–H groups in total. The number of nitrogens with one attached hydrogen (secondary N) is 1. The predicted molar refractivity (Wildman–Crippen MR) is 83.1 cm³/mol. The Balaban J connectivity index is 1.54. The van der Waals surface area contributed by atoms with E-state index < -0.39 is 5.97 Å². The molecule has 0 atom stereocenters. The summed E-state index contributed by atoms with van der Waals surface area (Å²) in [5.74, 6) is 0.693. The Kier molecular flexibility index (Phi) is 4.44. The van der Waals surface area contributed by atoms with Gasteiger partial charge in [0.1, 0.15) is 6.54 Å². The van der Waals surface area contributed by atoms with Crippen molar-refractivity contribution < 1.29 is 18.8 Å². The summed E-state index contributed by atoms with van der Waals surface area (Å²) in [5.41, 5.74) is 1.28. The number of hydrogen-bond acceptors (Lipinski definition) is 4. The van der Waals surface area contributed by atoms with Crippen LogP contribution in [0.1, 0.15) is 16.3 Å². The van der Waals surface area contributed by atoms with Crippen LogP contribution in [0.5, 0.6) is 0 Å². The van der Waals surface area contributed by atoms with Gasteiger partial charge >= 0.3 is 5.97 Å². The third-order valence-corrected chi connectivity index (χ3v) is 4.06. The lowest BCUT2D eigenvalue weighted by Gasteiger charge is -2.33. The maximum atomic E-state index is 11.4. The van der Waals surface area contributed by atoms with E-state index in [0.29, 0.717) is 0 Å². The van der Waals surface area contributed by atoms with Crippen LogP contribution in [-0.2, 0) is 11.3 Å². The number of carbonyl (C=O) groups is 1. The largest absolute Gasteiger partial charge is 0.463 e. The van der Waals surface area contributed by atoms with E-state index >= 15 is 0 Å². The molecule has 1 aromatic heterocycles. The number of carbonyl (C=O) groups excluding carboxylic acids is 1. The molecule has 0 spiro atoms. The number of hydrogen-bond donors (Lipinski definition) is 1. The zero-order valence-corrected chi connectivity index (χ0v) is 12.7. The van der Waals surface area contributed by atoms with E-state index in [1.165, 1.54) is 17.7 Å². The molecule has 1 saturated heterocycles. The second-order valence-corrected chi connectivity index (χ2v) is 5.51. The molecule has 116 valence electrons. The maximum absolute atomic E-state index is 11.4. The first-order valence-electron chi connectivity index (χ1n) is 7.57. The third kappa shape index (κ3) is 3.31. The lowest BCUT2D eigenvalue weighted by atomic mass is 10.2. The van der Waals surface area contributed by atoms with E-state index in [1.54, 1.807) is 6.07 Å². The molecule has 5 heteroatoms. The molecule has 0 unspecified atom stereocenters. The number of para-hydroxylation sites is 1. The van der Waals surface area contributed by atoms with E-state index in [0.717, 1.165) is 38.5 Å². The number of quaternary nitrogens is 1. The molecule has 2 aromatic rings. The molecule has 0 bridgehead atoms. The Bertz CT molecular complexity index is 616. The van der Waals surface area contributed by atoms with E-state index in [4.69, 9.17) is 4.42 Å². The van der Waals surface area contributed by atoms with Crippen molar-refractivity contribution in [2.45, 2.75) is 6.54 Å². The van der Waals surface area contributed by atoms with Crippen LogP contribution in [0.15, 0.2) is 46.9 Å². The normalized spacial score (nSPS) is 15.8. The van der Waals surface area contributed by atoms with Crippen LogP contribution in [0, 0.1) is 0 Å². The fourth-order valence-corrected chi connectivity index (χ4v) is 2.83. The van der Waals surface area contributed by atoms with Crippen LogP contribution in [0.2, 0.25) is 0 Å². The number of nitrogens with zero attached hydrogens (tertiary/aromatic N) is 1. The molecule has 0 aliphatic carbocycles. The number of furan rings is 1. The quantitative estimate of drug-likeness (QED) is 0.855. The molecule has 1 fully saturated rings. The van der Waals surface area contributed by atoms with Gasteiger partial charge in [-0.25, -0.2) is 4.79 Å². The summed E-state index contributed by atoms with van der Waals surface area (Å²) in [6.45, 7) is 4.99. The average Bonchev–Trinajstić information content (AvgIpc) is 3.04. The molecule has 1 aliphatic heterocycles. The minimum absolute atomic E-state index is 0.278. The van der Waals surface area contributed by atoms with Gasteiger partial charge in [-0.05, 0) is 24.3 Å². The van der Waals surface area contributed by atoms with Gasteiger partial charge in [0, 0.05) is 5.69 Å². The summed E-state index contributed by atoms with van der Waals surface area (Å²) in [6, 6.07) is 14.0. The topological polar surface area (TPSA) is 47.1 Å². The third-order valence-electron chi connectivity index (χ3n) is 4.06. The Morgan fingerprint density at radius 2 is 1.91 bits per heavy atom. The highest BCUT2D eigenvalue weighted by Crippen LogP contribution is 2.13. The van der Waals surface area contributed by atoms with Gasteiger partial charge in [-0.2, -0.15) is 0 Å². The van der Waals surface area contributed by atoms with Gasteiger partial charge in [0.25, 0.3) is 0 Å². The van der Waals surface area contributed by atoms with Crippen LogP contribution in [0.3, 0.4) is 0 Å². The second kappa shape index (κ2) is 6.66. The molecular weight excluding hydrogens is 280 g/mol. The van der Waals surface area contributed by atoms with Crippen molar-refractivity contribution in [2.24, 2.45) is 0 Å². The van der Waals surface area contributed by atoms with Gasteiger partial charge in [-0.3, -0.25) is 0 Å². The number of rotatable bonds is 4. The molecule has 1 aromatic carbocycles. The number of benzene rings is 1. The van der Waals surface area contributed by atoms with E-state index in [1.807, 2.05) is 12.1 Å². The summed E-state index contributed by atoms with van der Waals surface area (Å²) in [7, 11) is 1.36. The number of anilines is 1. The molecule has 3 rings (SSSR count). The van der Waals surface area contributed by atoms with Crippen molar-refractivity contribution in [2.75, 3.05) is 38.2 Å². The molecule has 22 heavy (non-hydrogen) atoms. The van der Waals surface area contributed by atoms with Crippen molar-refractivity contribution in [3.05, 3.63) is 54.0 Å². The first-order chi connectivity index (χ1) is 10.8. The molecular formula is C17H21N2O3+. The highest BCUT2D eigenvalue weighted by molar-refractivity contribution is 5.86. The summed E-state index contributed by atoms with van der Waals surface area (Å²) in [4.78, 5) is 15.3. The molecule has 0 saturated carbocycles. The standard InChI is InChI=1S/C17H20N2O3/c1-21-17(20)16-8-7-15(22-16)13-18-9-11-19(12-10-18)14-5-3-2-4-6-14/h2-8H,9-13H2,1H3/p+1. The monoisotopic (exact) mass is 301 g/mol. The zero-order chi connectivity index (χ0) is 15.4. The first-order valence-corrected chi connectivity index (χ1v) is 7.57. The highest BCUT2D eigenvalue weighted by Gasteiger charge is 2.22. The van der Waals surface area contributed by atoms with E-state index in [9.17, 15) is 4.79 Å². The van der Waals surface area contributed by atoms with Crippen molar-refractivity contribution in [1.82, 2.24) is 0 Å². The van der Waals surface area contributed by atoms with Gasteiger partial charge in [-0.1, -0.05) is 18.2 Å². The number of ether oxygens (including phenoxy) is 1. The smallest absolute Gasteiger partial charge is 0.373 e. The van der Waals surface area contributed by atoms with Gasteiger partial charge in [-0.15, -0.1) is 0 Å². The fourth-order valence-electron chi connectivity index (χ4n) is 2.83. The number of methoxy groups -OCH3 is 1. The molecule has 1 aliphatic rings. The summed E-state index contributed by atoms with van der Waals surface area (Å²) < 4.78 is 10.2. The van der Waals surface area contributed by atoms with Gasteiger partial charge in [0.15, 0.2) is 5.76 Å². The summed E-state index contributed by atoms with van der Waals surface area (Å²) in [6.07, 6.45) is 0. The molecule has 0 radical (unpaired) electrons. The minimum atomic E-state index is -0.421. The Morgan fingerprint density at radius 1 is 1.18 bits per heavy atom. The maximum Gasteiger partial charge on any atom is 0.373 e. The van der Waals surface area contributed by atoms with Crippen LogP contribution in [0.4, 0.5) is 5.69 Å². The Labute approximate surface area is 130 Å². The Morgan fingerprint density at radius 3 is 2.59 bits per heavy atom. The lowest BCUT2D eigenvalue weighted by Crippen LogP contribution is -3.13. The number of piperazine rings is 1. The average molecular weight is 301 g/mol. The van der Waals surface area contributed by atoms with Gasteiger partial charge < -0.3 is 19.0 Å². The van der Waals surface area contributed by atoms with Gasteiger partial charge in [0.2, 0.25) is 5.76 Å². The minimum Gasteiger partial charge on any atom is -0.463 e. The predicted octanol–water partition coefficient (Wildman–Crippen LogP) is 0.971. The van der Waals surface area contributed by atoms with E-state index in [-0.39, 0.29) is 5.76 Å².